The second-order valence-corrected chi connectivity index (χ2v) is 5.98. The summed E-state index contributed by atoms with van der Waals surface area (Å²) >= 11 is 0. The third kappa shape index (κ3) is 3.80. The maximum Gasteiger partial charge on any atom is 0.151 e. The predicted molar refractivity (Wildman–Crippen MR) is 68.7 cm³/mol. The van der Waals surface area contributed by atoms with Crippen LogP contribution in [-0.2, 0) is 13.5 Å². The highest BCUT2D eigenvalue weighted by molar-refractivity contribution is 4.85. The van der Waals surface area contributed by atoms with E-state index in [1.807, 2.05) is 7.05 Å². The molecule has 2 rings (SSSR count). The average Bonchev–Trinajstić information content (AvgIpc) is 2.67. The number of rotatable bonds is 4. The van der Waals surface area contributed by atoms with Crippen molar-refractivity contribution >= 4 is 0 Å². The highest BCUT2D eigenvalue weighted by Gasteiger charge is 2.26. The van der Waals surface area contributed by atoms with E-state index < -0.39 is 0 Å². The molecule has 1 heterocycles. The summed E-state index contributed by atoms with van der Waals surface area (Å²) in [6.07, 6.45) is 7.99. The Morgan fingerprint density at radius 1 is 1.41 bits per heavy atom. The van der Waals surface area contributed by atoms with Gasteiger partial charge in [-0.25, -0.2) is 4.98 Å². The molecule has 1 aliphatic rings. The molecular formula is C13H24N4. The molecule has 0 bridgehead atoms. The van der Waals surface area contributed by atoms with E-state index in [1.165, 1.54) is 25.7 Å². The number of nitrogens with zero attached hydrogens (tertiary/aromatic N) is 3. The van der Waals surface area contributed by atoms with Crippen LogP contribution in [0, 0.1) is 5.41 Å². The van der Waals surface area contributed by atoms with Crippen LogP contribution in [0.2, 0.25) is 0 Å². The molecule has 0 spiro atoms. The average molecular weight is 236 g/mol. The Morgan fingerprint density at radius 2 is 2.12 bits per heavy atom. The lowest BCUT2D eigenvalue weighted by molar-refractivity contribution is 0.207. The number of nitrogens with one attached hydrogen (secondary N) is 1. The monoisotopic (exact) mass is 236 g/mol. The Kier molecular flexibility index (Phi) is 3.82. The van der Waals surface area contributed by atoms with Gasteiger partial charge in [-0.15, -0.1) is 0 Å². The fourth-order valence-corrected chi connectivity index (χ4v) is 2.49. The zero-order valence-corrected chi connectivity index (χ0v) is 11.2. The summed E-state index contributed by atoms with van der Waals surface area (Å²) in [5.74, 6) is 0.941. The SMILES string of the molecule is Cn1cnc(CCNC2CCC(C)(C)CC2)n1. The van der Waals surface area contributed by atoms with E-state index in [-0.39, 0.29) is 0 Å². The Labute approximate surface area is 104 Å². The maximum atomic E-state index is 4.28. The van der Waals surface area contributed by atoms with Gasteiger partial charge in [0.25, 0.3) is 0 Å². The molecule has 0 radical (unpaired) electrons. The molecule has 0 amide bonds. The van der Waals surface area contributed by atoms with Gasteiger partial charge in [0.1, 0.15) is 6.33 Å². The van der Waals surface area contributed by atoms with E-state index >= 15 is 0 Å². The first kappa shape index (κ1) is 12.6. The van der Waals surface area contributed by atoms with Gasteiger partial charge in [-0.3, -0.25) is 4.68 Å². The lowest BCUT2D eigenvalue weighted by Crippen LogP contribution is -2.36. The Morgan fingerprint density at radius 3 is 2.71 bits per heavy atom. The summed E-state index contributed by atoms with van der Waals surface area (Å²) in [5, 5.41) is 7.91. The number of hydrogen-bond acceptors (Lipinski definition) is 3. The van der Waals surface area contributed by atoms with Gasteiger partial charge in [-0.2, -0.15) is 5.10 Å². The van der Waals surface area contributed by atoms with Crippen LogP contribution in [0.15, 0.2) is 6.33 Å². The molecule has 0 aliphatic heterocycles. The first-order valence-corrected chi connectivity index (χ1v) is 6.63. The van der Waals surface area contributed by atoms with Crippen molar-refractivity contribution in [2.45, 2.75) is 52.0 Å². The molecule has 96 valence electrons. The van der Waals surface area contributed by atoms with Crippen molar-refractivity contribution in [3.63, 3.8) is 0 Å². The Bertz CT molecular complexity index is 346. The highest BCUT2D eigenvalue weighted by atomic mass is 15.3. The Hall–Kier alpha value is -0.900. The minimum Gasteiger partial charge on any atom is -0.314 e. The third-order valence-electron chi connectivity index (χ3n) is 3.77. The molecule has 1 aromatic heterocycles. The molecular weight excluding hydrogens is 212 g/mol. The van der Waals surface area contributed by atoms with E-state index in [2.05, 4.69) is 29.2 Å². The highest BCUT2D eigenvalue weighted by Crippen LogP contribution is 2.34. The van der Waals surface area contributed by atoms with Gasteiger partial charge in [0.2, 0.25) is 0 Å². The van der Waals surface area contributed by atoms with Gasteiger partial charge in [-0.1, -0.05) is 13.8 Å². The predicted octanol–water partition coefficient (Wildman–Crippen LogP) is 1.92. The van der Waals surface area contributed by atoms with Crippen LogP contribution in [0.25, 0.3) is 0 Å². The van der Waals surface area contributed by atoms with E-state index in [4.69, 9.17) is 0 Å². The van der Waals surface area contributed by atoms with Crippen LogP contribution in [0.5, 0.6) is 0 Å². The zero-order valence-electron chi connectivity index (χ0n) is 11.2. The fourth-order valence-electron chi connectivity index (χ4n) is 2.49. The Balaban J connectivity index is 1.66. The van der Waals surface area contributed by atoms with Crippen molar-refractivity contribution < 1.29 is 0 Å². The van der Waals surface area contributed by atoms with Crippen molar-refractivity contribution in [3.8, 4) is 0 Å². The molecule has 17 heavy (non-hydrogen) atoms. The van der Waals surface area contributed by atoms with Crippen LogP contribution in [-0.4, -0.2) is 27.4 Å². The smallest absolute Gasteiger partial charge is 0.151 e. The standard InChI is InChI=1S/C13H24N4/c1-13(2)7-4-11(5-8-13)14-9-6-12-15-10-17(3)16-12/h10-11,14H,4-9H2,1-3H3. The molecule has 1 saturated carbocycles. The largest absolute Gasteiger partial charge is 0.314 e. The summed E-state index contributed by atoms with van der Waals surface area (Å²) in [6.45, 7) is 5.75. The van der Waals surface area contributed by atoms with E-state index in [0.717, 1.165) is 18.8 Å². The van der Waals surface area contributed by atoms with Crippen molar-refractivity contribution in [2.75, 3.05) is 6.54 Å². The summed E-state index contributed by atoms with van der Waals surface area (Å²) in [7, 11) is 1.91. The molecule has 4 nitrogen and oxygen atoms in total. The minimum absolute atomic E-state index is 0.556. The molecule has 1 aliphatic carbocycles. The second kappa shape index (κ2) is 5.17. The fraction of sp³-hybridized carbons (Fsp3) is 0.846. The molecule has 4 heteroatoms. The first-order chi connectivity index (χ1) is 8.05. The molecule has 1 N–H and O–H groups in total. The second-order valence-electron chi connectivity index (χ2n) is 5.98. The van der Waals surface area contributed by atoms with Crippen LogP contribution >= 0.6 is 0 Å². The van der Waals surface area contributed by atoms with Crippen molar-refractivity contribution in [1.82, 2.24) is 20.1 Å². The van der Waals surface area contributed by atoms with Gasteiger partial charge in [0.05, 0.1) is 0 Å². The summed E-state index contributed by atoms with van der Waals surface area (Å²) in [4.78, 5) is 4.23. The van der Waals surface area contributed by atoms with Gasteiger partial charge in [0.15, 0.2) is 5.82 Å². The van der Waals surface area contributed by atoms with Crippen molar-refractivity contribution in [3.05, 3.63) is 12.2 Å². The van der Waals surface area contributed by atoms with E-state index in [0.29, 0.717) is 11.5 Å². The number of hydrogen-bond donors (Lipinski definition) is 1. The molecule has 0 unspecified atom stereocenters. The summed E-state index contributed by atoms with van der Waals surface area (Å²) in [6, 6.07) is 0.701. The van der Waals surface area contributed by atoms with Gasteiger partial charge < -0.3 is 5.32 Å². The maximum absolute atomic E-state index is 4.28. The zero-order chi connectivity index (χ0) is 12.3. The van der Waals surface area contributed by atoms with Crippen LogP contribution in [0.1, 0.15) is 45.4 Å². The van der Waals surface area contributed by atoms with E-state index in [1.54, 1.807) is 11.0 Å². The summed E-state index contributed by atoms with van der Waals surface area (Å²) in [5.41, 5.74) is 0.556. The molecule has 0 saturated heterocycles. The van der Waals surface area contributed by atoms with Crippen molar-refractivity contribution in [2.24, 2.45) is 12.5 Å². The lowest BCUT2D eigenvalue weighted by Gasteiger charge is -2.34. The number of aromatic nitrogens is 3. The summed E-state index contributed by atoms with van der Waals surface area (Å²) < 4.78 is 1.76. The minimum atomic E-state index is 0.556. The first-order valence-electron chi connectivity index (χ1n) is 6.63. The third-order valence-corrected chi connectivity index (χ3v) is 3.77. The lowest BCUT2D eigenvalue weighted by atomic mass is 9.75. The van der Waals surface area contributed by atoms with Crippen LogP contribution < -0.4 is 5.32 Å². The molecule has 1 fully saturated rings. The van der Waals surface area contributed by atoms with Crippen LogP contribution in [0.4, 0.5) is 0 Å². The topological polar surface area (TPSA) is 42.7 Å². The van der Waals surface area contributed by atoms with E-state index in [9.17, 15) is 0 Å². The quantitative estimate of drug-likeness (QED) is 0.868. The normalized spacial score (nSPS) is 20.6. The van der Waals surface area contributed by atoms with Gasteiger partial charge >= 0.3 is 0 Å². The molecule has 0 aromatic carbocycles. The number of aryl methyl sites for hydroxylation is 1. The van der Waals surface area contributed by atoms with Crippen LogP contribution in [0.3, 0.4) is 0 Å². The molecule has 1 aromatic rings. The molecule has 0 atom stereocenters. The van der Waals surface area contributed by atoms with Crippen molar-refractivity contribution in [1.29, 1.82) is 0 Å². The van der Waals surface area contributed by atoms with Gasteiger partial charge in [-0.05, 0) is 31.1 Å². The van der Waals surface area contributed by atoms with Gasteiger partial charge in [0, 0.05) is 26.1 Å².